The molecule has 134 valence electrons. The Morgan fingerprint density at radius 1 is 1.17 bits per heavy atom. The number of ether oxygens (including phenoxy) is 1. The molecule has 2 N–H and O–H groups in total. The number of nitrogens with zero attached hydrogens (tertiary/aromatic N) is 2. The Morgan fingerprint density at radius 2 is 1.88 bits per heavy atom. The summed E-state index contributed by atoms with van der Waals surface area (Å²) in [6.07, 6.45) is 0.998. The maximum absolute atomic E-state index is 5.45. The molecule has 0 saturated carbocycles. The summed E-state index contributed by atoms with van der Waals surface area (Å²) < 4.78 is 5.45. The molecule has 2 rings (SSSR count). The highest BCUT2D eigenvalue weighted by Crippen LogP contribution is 2.16. The van der Waals surface area contributed by atoms with Gasteiger partial charge in [-0.25, -0.2) is 0 Å². The van der Waals surface area contributed by atoms with E-state index in [9.17, 15) is 0 Å². The van der Waals surface area contributed by atoms with E-state index in [4.69, 9.17) is 9.73 Å². The summed E-state index contributed by atoms with van der Waals surface area (Å²) in [6.45, 7) is 12.8. The van der Waals surface area contributed by atoms with Gasteiger partial charge >= 0.3 is 0 Å². The summed E-state index contributed by atoms with van der Waals surface area (Å²) in [5.74, 6) is 0.898. The SMILES string of the molecule is CCNC(=NCC(C)(C)N1CCOCC1)NCCc1ccccc1. The lowest BCUT2D eigenvalue weighted by Gasteiger charge is -2.39. The lowest BCUT2D eigenvalue weighted by atomic mass is 10.0. The van der Waals surface area contributed by atoms with E-state index in [0.29, 0.717) is 0 Å². The second-order valence-electron chi connectivity index (χ2n) is 6.77. The zero-order valence-electron chi connectivity index (χ0n) is 15.3. The topological polar surface area (TPSA) is 48.9 Å². The van der Waals surface area contributed by atoms with Crippen molar-refractivity contribution >= 4 is 5.96 Å². The molecule has 0 aromatic heterocycles. The Labute approximate surface area is 146 Å². The molecule has 0 radical (unpaired) electrons. The highest BCUT2D eigenvalue weighted by atomic mass is 16.5. The van der Waals surface area contributed by atoms with Gasteiger partial charge in [0.2, 0.25) is 0 Å². The summed E-state index contributed by atoms with van der Waals surface area (Å²) in [7, 11) is 0. The maximum atomic E-state index is 5.45. The van der Waals surface area contributed by atoms with Crippen LogP contribution in [0.2, 0.25) is 0 Å². The van der Waals surface area contributed by atoms with Gasteiger partial charge in [-0.1, -0.05) is 30.3 Å². The highest BCUT2D eigenvalue weighted by Gasteiger charge is 2.27. The van der Waals surface area contributed by atoms with E-state index in [1.165, 1.54) is 5.56 Å². The van der Waals surface area contributed by atoms with Gasteiger partial charge < -0.3 is 15.4 Å². The molecule has 1 heterocycles. The number of hydrogen-bond donors (Lipinski definition) is 2. The van der Waals surface area contributed by atoms with Gasteiger partial charge in [0.05, 0.1) is 19.8 Å². The lowest BCUT2D eigenvalue weighted by Crippen LogP contribution is -2.52. The minimum Gasteiger partial charge on any atom is -0.379 e. The summed E-state index contributed by atoms with van der Waals surface area (Å²) in [4.78, 5) is 7.27. The van der Waals surface area contributed by atoms with Crippen LogP contribution in [-0.2, 0) is 11.2 Å². The first kappa shape index (κ1) is 18.7. The van der Waals surface area contributed by atoms with Crippen LogP contribution in [0.5, 0.6) is 0 Å². The zero-order chi connectivity index (χ0) is 17.3. The van der Waals surface area contributed by atoms with Gasteiger partial charge in [-0.3, -0.25) is 9.89 Å². The van der Waals surface area contributed by atoms with Crippen LogP contribution in [-0.4, -0.2) is 62.3 Å². The number of benzene rings is 1. The molecule has 0 bridgehead atoms. The fourth-order valence-electron chi connectivity index (χ4n) is 2.85. The van der Waals surface area contributed by atoms with Gasteiger partial charge in [-0.2, -0.15) is 0 Å². The van der Waals surface area contributed by atoms with Crippen molar-refractivity contribution in [3.63, 3.8) is 0 Å². The van der Waals surface area contributed by atoms with E-state index in [-0.39, 0.29) is 5.54 Å². The van der Waals surface area contributed by atoms with E-state index in [0.717, 1.165) is 58.3 Å². The Balaban J connectivity index is 1.84. The van der Waals surface area contributed by atoms with Crippen molar-refractivity contribution in [1.29, 1.82) is 0 Å². The molecular weight excluding hydrogens is 300 g/mol. The fourth-order valence-corrected chi connectivity index (χ4v) is 2.85. The van der Waals surface area contributed by atoms with E-state index < -0.39 is 0 Å². The average molecular weight is 332 g/mol. The van der Waals surface area contributed by atoms with Crippen LogP contribution in [0.3, 0.4) is 0 Å². The van der Waals surface area contributed by atoms with E-state index in [1.807, 2.05) is 0 Å². The lowest BCUT2D eigenvalue weighted by molar-refractivity contribution is -0.00683. The van der Waals surface area contributed by atoms with E-state index in [1.54, 1.807) is 0 Å². The number of morpholine rings is 1. The van der Waals surface area contributed by atoms with E-state index in [2.05, 4.69) is 66.6 Å². The third-order valence-corrected chi connectivity index (χ3v) is 4.38. The van der Waals surface area contributed by atoms with Crippen molar-refractivity contribution in [2.24, 2.45) is 4.99 Å². The predicted octanol–water partition coefficient (Wildman–Crippen LogP) is 1.90. The number of hydrogen-bond acceptors (Lipinski definition) is 3. The number of guanidine groups is 1. The third kappa shape index (κ3) is 6.13. The third-order valence-electron chi connectivity index (χ3n) is 4.38. The number of aliphatic imine (C=N–C) groups is 1. The number of nitrogens with one attached hydrogen (secondary N) is 2. The van der Waals surface area contributed by atoms with Crippen LogP contribution < -0.4 is 10.6 Å². The Hall–Kier alpha value is -1.59. The van der Waals surface area contributed by atoms with Gasteiger partial charge in [-0.15, -0.1) is 0 Å². The quantitative estimate of drug-likeness (QED) is 0.591. The zero-order valence-corrected chi connectivity index (χ0v) is 15.3. The van der Waals surface area contributed by atoms with E-state index >= 15 is 0 Å². The molecule has 0 amide bonds. The molecule has 0 aliphatic carbocycles. The summed E-state index contributed by atoms with van der Waals surface area (Å²) in [5.41, 5.74) is 1.39. The molecule has 1 saturated heterocycles. The first-order valence-corrected chi connectivity index (χ1v) is 9.01. The second kappa shape index (κ2) is 9.64. The highest BCUT2D eigenvalue weighted by molar-refractivity contribution is 5.79. The molecule has 5 heteroatoms. The number of rotatable bonds is 7. The molecule has 1 aromatic rings. The van der Waals surface area contributed by atoms with Gasteiger partial charge in [0.25, 0.3) is 0 Å². The Bertz CT molecular complexity index is 495. The molecule has 0 atom stereocenters. The molecule has 1 aliphatic rings. The minimum absolute atomic E-state index is 0.0472. The largest absolute Gasteiger partial charge is 0.379 e. The van der Waals surface area contributed by atoms with Crippen LogP contribution >= 0.6 is 0 Å². The molecule has 1 fully saturated rings. The fraction of sp³-hybridized carbons (Fsp3) is 0.632. The summed E-state index contributed by atoms with van der Waals surface area (Å²) >= 11 is 0. The monoisotopic (exact) mass is 332 g/mol. The van der Waals surface area contributed by atoms with Crippen LogP contribution in [0.15, 0.2) is 35.3 Å². The van der Waals surface area contributed by atoms with Crippen LogP contribution in [0.1, 0.15) is 26.3 Å². The first-order valence-electron chi connectivity index (χ1n) is 9.01. The van der Waals surface area contributed by atoms with Gasteiger partial charge in [0.15, 0.2) is 5.96 Å². The van der Waals surface area contributed by atoms with Gasteiger partial charge in [-0.05, 0) is 32.8 Å². The molecule has 0 spiro atoms. The standard InChI is InChI=1S/C19H32N4O/c1-4-20-18(21-11-10-17-8-6-5-7-9-17)22-16-19(2,3)23-12-14-24-15-13-23/h5-9H,4,10-16H2,1-3H3,(H2,20,21,22). The smallest absolute Gasteiger partial charge is 0.191 e. The van der Waals surface area contributed by atoms with Crippen molar-refractivity contribution in [3.8, 4) is 0 Å². The maximum Gasteiger partial charge on any atom is 0.191 e. The van der Waals surface area contributed by atoms with Crippen LogP contribution in [0, 0.1) is 0 Å². The Morgan fingerprint density at radius 3 is 2.54 bits per heavy atom. The Kier molecular flexibility index (Phi) is 7.53. The van der Waals surface area contributed by atoms with Crippen LogP contribution in [0.4, 0.5) is 0 Å². The van der Waals surface area contributed by atoms with Crippen molar-refractivity contribution in [2.75, 3.05) is 45.9 Å². The molecule has 1 aromatic carbocycles. The minimum atomic E-state index is 0.0472. The van der Waals surface area contributed by atoms with Crippen LogP contribution in [0.25, 0.3) is 0 Å². The molecule has 24 heavy (non-hydrogen) atoms. The van der Waals surface area contributed by atoms with Crippen molar-refractivity contribution in [3.05, 3.63) is 35.9 Å². The second-order valence-corrected chi connectivity index (χ2v) is 6.77. The molecular formula is C19H32N4O. The summed E-state index contributed by atoms with van der Waals surface area (Å²) in [6, 6.07) is 10.5. The van der Waals surface area contributed by atoms with Gasteiger partial charge in [0, 0.05) is 31.7 Å². The summed E-state index contributed by atoms with van der Waals surface area (Å²) in [5, 5.41) is 6.78. The normalized spacial score (nSPS) is 16.9. The average Bonchev–Trinajstić information content (AvgIpc) is 2.61. The van der Waals surface area contributed by atoms with Crippen molar-refractivity contribution < 1.29 is 4.74 Å². The molecule has 0 unspecified atom stereocenters. The van der Waals surface area contributed by atoms with Gasteiger partial charge in [0.1, 0.15) is 0 Å². The molecule has 1 aliphatic heterocycles. The molecule has 5 nitrogen and oxygen atoms in total. The van der Waals surface area contributed by atoms with Crippen molar-refractivity contribution in [2.45, 2.75) is 32.7 Å². The van der Waals surface area contributed by atoms with Crippen molar-refractivity contribution in [1.82, 2.24) is 15.5 Å². The first-order chi connectivity index (χ1) is 11.6. The predicted molar refractivity (Wildman–Crippen MR) is 101 cm³/mol.